The van der Waals surface area contributed by atoms with Crippen LogP contribution in [0.15, 0.2) is 18.2 Å². The molecule has 1 saturated heterocycles. The molecule has 0 radical (unpaired) electrons. The van der Waals surface area contributed by atoms with E-state index in [9.17, 15) is 4.39 Å². The smallest absolute Gasteiger partial charge is 0.129 e. The Morgan fingerprint density at radius 3 is 2.95 bits per heavy atom. The molecule has 0 saturated carbocycles. The van der Waals surface area contributed by atoms with Crippen LogP contribution in [-0.4, -0.2) is 19.6 Å². The molecule has 1 atom stereocenters. The summed E-state index contributed by atoms with van der Waals surface area (Å²) >= 11 is 0. The molecule has 2 nitrogen and oxygen atoms in total. The highest BCUT2D eigenvalue weighted by Gasteiger charge is 2.24. The number of hydrogen-bond acceptors (Lipinski definition) is 2. The van der Waals surface area contributed by atoms with Crippen molar-refractivity contribution in [3.8, 4) is 0 Å². The minimum atomic E-state index is -0.0857. The van der Waals surface area contributed by atoms with Gasteiger partial charge in [0.15, 0.2) is 0 Å². The quantitative estimate of drug-likeness (QED) is 0.845. The topological polar surface area (TPSA) is 15.3 Å². The maximum atomic E-state index is 14.0. The second kappa shape index (κ2) is 6.90. The molecule has 0 amide bonds. The molecule has 1 heterocycles. The lowest BCUT2D eigenvalue weighted by Crippen LogP contribution is -2.23. The van der Waals surface area contributed by atoms with Gasteiger partial charge in [-0.3, -0.25) is 0 Å². The monoisotopic (exact) mass is 264 g/mol. The lowest BCUT2D eigenvalue weighted by molar-refractivity contribution is 0.529. The second-order valence-electron chi connectivity index (χ2n) is 5.41. The Bertz CT molecular complexity index is 406. The Morgan fingerprint density at radius 2 is 2.21 bits per heavy atom. The highest BCUT2D eigenvalue weighted by Crippen LogP contribution is 2.30. The van der Waals surface area contributed by atoms with E-state index < -0.39 is 0 Å². The van der Waals surface area contributed by atoms with Crippen molar-refractivity contribution < 1.29 is 4.39 Å². The number of rotatable bonds is 6. The van der Waals surface area contributed by atoms with E-state index in [2.05, 4.69) is 23.2 Å². The molecule has 1 fully saturated rings. The first-order valence-electron chi connectivity index (χ1n) is 7.49. The van der Waals surface area contributed by atoms with Crippen LogP contribution in [0.5, 0.6) is 0 Å². The Kier molecular flexibility index (Phi) is 5.20. The summed E-state index contributed by atoms with van der Waals surface area (Å²) in [4.78, 5) is 2.36. The fourth-order valence-electron chi connectivity index (χ4n) is 2.96. The van der Waals surface area contributed by atoms with Crippen molar-refractivity contribution in [3.63, 3.8) is 0 Å². The van der Waals surface area contributed by atoms with Crippen molar-refractivity contribution in [1.29, 1.82) is 0 Å². The molecule has 1 aromatic rings. The predicted octanol–water partition coefficient (Wildman–Crippen LogP) is 3.56. The van der Waals surface area contributed by atoms with E-state index >= 15 is 0 Å². The van der Waals surface area contributed by atoms with Crippen molar-refractivity contribution in [2.75, 3.05) is 24.5 Å². The zero-order valence-corrected chi connectivity index (χ0v) is 12.1. The zero-order chi connectivity index (χ0) is 13.7. The minimum absolute atomic E-state index is 0.0857. The molecular weight excluding hydrogens is 239 g/mol. The third-order valence-corrected chi connectivity index (χ3v) is 3.97. The van der Waals surface area contributed by atoms with Crippen LogP contribution in [0.1, 0.15) is 38.7 Å². The average molecular weight is 264 g/mol. The van der Waals surface area contributed by atoms with Crippen LogP contribution < -0.4 is 10.2 Å². The van der Waals surface area contributed by atoms with Crippen molar-refractivity contribution in [2.45, 2.75) is 39.7 Å². The second-order valence-corrected chi connectivity index (χ2v) is 5.41. The highest BCUT2D eigenvalue weighted by molar-refractivity contribution is 5.55. The number of benzene rings is 1. The molecule has 1 N–H and O–H groups in total. The van der Waals surface area contributed by atoms with Gasteiger partial charge in [-0.1, -0.05) is 26.3 Å². The first-order valence-corrected chi connectivity index (χ1v) is 7.49. The summed E-state index contributed by atoms with van der Waals surface area (Å²) in [5, 5.41) is 3.24. The van der Waals surface area contributed by atoms with Crippen LogP contribution in [0.2, 0.25) is 0 Å². The van der Waals surface area contributed by atoms with E-state index in [0.29, 0.717) is 6.54 Å². The molecule has 1 unspecified atom stereocenters. The standard InChI is InChI=1S/C16H25FN2/c1-3-6-13-9-10-19(12-13)16-8-5-7-15(17)14(16)11-18-4-2/h5,7-8,13,18H,3-4,6,9-12H2,1-2H3. The maximum absolute atomic E-state index is 14.0. The lowest BCUT2D eigenvalue weighted by Gasteiger charge is -2.22. The SMILES string of the molecule is CCCC1CCN(c2cccc(F)c2CNCC)C1. The largest absolute Gasteiger partial charge is 0.371 e. The van der Waals surface area contributed by atoms with Crippen LogP contribution >= 0.6 is 0 Å². The lowest BCUT2D eigenvalue weighted by atomic mass is 10.0. The average Bonchev–Trinajstić information content (AvgIpc) is 2.86. The van der Waals surface area contributed by atoms with Crippen molar-refractivity contribution >= 4 is 5.69 Å². The van der Waals surface area contributed by atoms with Gasteiger partial charge in [-0.15, -0.1) is 0 Å². The molecule has 0 bridgehead atoms. The van der Waals surface area contributed by atoms with Crippen molar-refractivity contribution in [3.05, 3.63) is 29.6 Å². The molecule has 3 heteroatoms. The third-order valence-electron chi connectivity index (χ3n) is 3.97. The predicted molar refractivity (Wildman–Crippen MR) is 79.0 cm³/mol. The third kappa shape index (κ3) is 3.47. The zero-order valence-electron chi connectivity index (χ0n) is 12.1. The fourth-order valence-corrected chi connectivity index (χ4v) is 2.96. The number of nitrogens with zero attached hydrogens (tertiary/aromatic N) is 1. The molecule has 19 heavy (non-hydrogen) atoms. The van der Waals surface area contributed by atoms with Gasteiger partial charge >= 0.3 is 0 Å². The van der Waals surface area contributed by atoms with Gasteiger partial charge in [0.25, 0.3) is 0 Å². The normalized spacial score (nSPS) is 19.1. The van der Waals surface area contributed by atoms with Crippen LogP contribution in [0.4, 0.5) is 10.1 Å². The summed E-state index contributed by atoms with van der Waals surface area (Å²) in [6.07, 6.45) is 3.77. The first-order chi connectivity index (χ1) is 9.26. The van der Waals surface area contributed by atoms with E-state index in [-0.39, 0.29) is 5.82 Å². The highest BCUT2D eigenvalue weighted by atomic mass is 19.1. The Balaban J connectivity index is 2.13. The van der Waals surface area contributed by atoms with Gasteiger partial charge in [-0.05, 0) is 37.4 Å². The number of anilines is 1. The van der Waals surface area contributed by atoms with Gasteiger partial charge in [0, 0.05) is 30.9 Å². The van der Waals surface area contributed by atoms with E-state index in [1.54, 1.807) is 6.07 Å². The van der Waals surface area contributed by atoms with Gasteiger partial charge in [-0.2, -0.15) is 0 Å². The van der Waals surface area contributed by atoms with Crippen LogP contribution in [-0.2, 0) is 6.54 Å². The summed E-state index contributed by atoms with van der Waals surface area (Å²) < 4.78 is 14.0. The maximum Gasteiger partial charge on any atom is 0.129 e. The summed E-state index contributed by atoms with van der Waals surface area (Å²) in [5.41, 5.74) is 1.90. The minimum Gasteiger partial charge on any atom is -0.371 e. The van der Waals surface area contributed by atoms with Gasteiger partial charge in [0.2, 0.25) is 0 Å². The van der Waals surface area contributed by atoms with Gasteiger partial charge in [0.1, 0.15) is 5.82 Å². The van der Waals surface area contributed by atoms with Crippen molar-refractivity contribution in [1.82, 2.24) is 5.32 Å². The molecule has 1 aliphatic heterocycles. The summed E-state index contributed by atoms with van der Waals surface area (Å²) in [6.45, 7) is 7.92. The Hall–Kier alpha value is -1.09. The molecule has 0 spiro atoms. The molecule has 106 valence electrons. The summed E-state index contributed by atoms with van der Waals surface area (Å²) in [7, 11) is 0. The first kappa shape index (κ1) is 14.3. The van der Waals surface area contributed by atoms with E-state index in [1.165, 1.54) is 19.3 Å². The fraction of sp³-hybridized carbons (Fsp3) is 0.625. The van der Waals surface area contributed by atoms with Crippen LogP contribution in [0.25, 0.3) is 0 Å². The van der Waals surface area contributed by atoms with Gasteiger partial charge < -0.3 is 10.2 Å². The number of hydrogen-bond donors (Lipinski definition) is 1. The van der Waals surface area contributed by atoms with Gasteiger partial charge in [-0.25, -0.2) is 4.39 Å². The van der Waals surface area contributed by atoms with Gasteiger partial charge in [0.05, 0.1) is 0 Å². The van der Waals surface area contributed by atoms with Crippen LogP contribution in [0, 0.1) is 11.7 Å². The Morgan fingerprint density at radius 1 is 1.37 bits per heavy atom. The number of nitrogens with one attached hydrogen (secondary N) is 1. The number of halogens is 1. The van der Waals surface area contributed by atoms with Crippen molar-refractivity contribution in [2.24, 2.45) is 5.92 Å². The van der Waals surface area contributed by atoms with E-state index in [4.69, 9.17) is 0 Å². The summed E-state index contributed by atoms with van der Waals surface area (Å²) in [6, 6.07) is 5.45. The van der Waals surface area contributed by atoms with E-state index in [1.807, 2.05) is 13.0 Å². The molecule has 2 rings (SSSR count). The molecule has 0 aliphatic carbocycles. The molecule has 1 aromatic carbocycles. The molecular formula is C16H25FN2. The summed E-state index contributed by atoms with van der Waals surface area (Å²) in [5.74, 6) is 0.692. The molecule has 0 aromatic heterocycles. The van der Waals surface area contributed by atoms with E-state index in [0.717, 1.165) is 36.8 Å². The molecule has 1 aliphatic rings. The Labute approximate surface area is 116 Å². The van der Waals surface area contributed by atoms with Crippen LogP contribution in [0.3, 0.4) is 0 Å².